The molecule has 0 aliphatic rings. The lowest BCUT2D eigenvalue weighted by molar-refractivity contribution is 0.102. The second-order valence-corrected chi connectivity index (χ2v) is 6.41. The molecule has 128 valence electrons. The highest BCUT2D eigenvalue weighted by Gasteiger charge is 2.12. The molecule has 0 fully saturated rings. The van der Waals surface area contributed by atoms with Gasteiger partial charge in [-0.1, -0.05) is 23.4 Å². The van der Waals surface area contributed by atoms with E-state index < -0.39 is 0 Å². The Kier molecular flexibility index (Phi) is 5.73. The van der Waals surface area contributed by atoms with Crippen molar-refractivity contribution < 1.29 is 13.9 Å². The lowest BCUT2D eigenvalue weighted by Crippen LogP contribution is -2.01. The topological polar surface area (TPSA) is 65.2 Å². The molecule has 1 heterocycles. The Morgan fingerprint density at radius 1 is 1.12 bits per heavy atom. The van der Waals surface area contributed by atoms with E-state index in [9.17, 15) is 4.79 Å². The molecule has 3 rings (SSSR count). The van der Waals surface area contributed by atoms with Gasteiger partial charge in [-0.2, -0.15) is 0 Å². The number of Topliss-reactive ketones (excluding diaryl/α,β-unsaturated/α-hetero) is 1. The number of ketones is 1. The van der Waals surface area contributed by atoms with Gasteiger partial charge < -0.3 is 9.15 Å². The van der Waals surface area contributed by atoms with Crippen molar-refractivity contribution in [2.75, 3.05) is 12.4 Å². The van der Waals surface area contributed by atoms with Crippen LogP contribution >= 0.6 is 23.4 Å². The van der Waals surface area contributed by atoms with E-state index in [0.717, 1.165) is 11.3 Å². The second-order valence-electron chi connectivity index (χ2n) is 5.05. The molecule has 2 aromatic carbocycles. The van der Waals surface area contributed by atoms with Crippen molar-refractivity contribution in [2.45, 2.75) is 12.1 Å². The summed E-state index contributed by atoms with van der Waals surface area (Å²) in [5.74, 6) is 1.38. The van der Waals surface area contributed by atoms with Gasteiger partial charge in [-0.25, -0.2) is 0 Å². The van der Waals surface area contributed by atoms with Gasteiger partial charge in [0.25, 0.3) is 5.22 Å². The maximum atomic E-state index is 12.1. The van der Waals surface area contributed by atoms with Gasteiger partial charge in [0, 0.05) is 16.1 Å². The average molecular weight is 375 g/mol. The largest absolute Gasteiger partial charge is 0.494 e. The fourth-order valence-corrected chi connectivity index (χ4v) is 2.88. The monoisotopic (exact) mass is 374 g/mol. The number of carbonyl (C=O) groups is 1. The molecule has 0 atom stereocenters. The molecule has 0 N–H and O–H groups in total. The Morgan fingerprint density at radius 3 is 2.52 bits per heavy atom. The molecule has 5 nitrogen and oxygen atoms in total. The molecule has 0 aliphatic carbocycles. The van der Waals surface area contributed by atoms with Crippen LogP contribution in [0.3, 0.4) is 0 Å². The average Bonchev–Trinajstić information content (AvgIpc) is 3.10. The molecule has 0 spiro atoms. The maximum absolute atomic E-state index is 12.1. The molecule has 7 heteroatoms. The molecule has 0 saturated carbocycles. The van der Waals surface area contributed by atoms with Crippen molar-refractivity contribution in [3.8, 4) is 17.2 Å². The van der Waals surface area contributed by atoms with Crippen LogP contribution in [0.25, 0.3) is 11.5 Å². The van der Waals surface area contributed by atoms with Crippen LogP contribution in [0.2, 0.25) is 5.02 Å². The number of hydrogen-bond acceptors (Lipinski definition) is 6. The molecule has 0 saturated heterocycles. The highest BCUT2D eigenvalue weighted by Crippen LogP contribution is 2.25. The van der Waals surface area contributed by atoms with Crippen LogP contribution in [-0.4, -0.2) is 28.3 Å². The number of halogens is 1. The highest BCUT2D eigenvalue weighted by atomic mass is 35.5. The van der Waals surface area contributed by atoms with E-state index in [1.807, 2.05) is 31.2 Å². The van der Waals surface area contributed by atoms with Crippen molar-refractivity contribution in [3.63, 3.8) is 0 Å². The number of carbonyl (C=O) groups excluding carboxylic acids is 1. The van der Waals surface area contributed by atoms with E-state index in [1.54, 1.807) is 24.3 Å². The number of ether oxygens (including phenoxy) is 1. The predicted molar refractivity (Wildman–Crippen MR) is 97.4 cm³/mol. The lowest BCUT2D eigenvalue weighted by Gasteiger charge is -2.02. The minimum atomic E-state index is -0.0255. The van der Waals surface area contributed by atoms with Gasteiger partial charge in [0.05, 0.1) is 12.4 Å². The van der Waals surface area contributed by atoms with Crippen LogP contribution in [0, 0.1) is 0 Å². The lowest BCUT2D eigenvalue weighted by atomic mass is 10.1. The number of nitrogens with zero attached hydrogens (tertiary/aromatic N) is 2. The first-order valence-corrected chi connectivity index (χ1v) is 9.00. The molecule has 0 aliphatic heterocycles. The summed E-state index contributed by atoms with van der Waals surface area (Å²) in [7, 11) is 0. The minimum absolute atomic E-state index is 0.0255. The summed E-state index contributed by atoms with van der Waals surface area (Å²) in [6, 6.07) is 14.2. The van der Waals surface area contributed by atoms with E-state index >= 15 is 0 Å². The predicted octanol–water partition coefficient (Wildman–Crippen LogP) is 4.76. The van der Waals surface area contributed by atoms with E-state index in [2.05, 4.69) is 10.2 Å². The molecular formula is C18H15ClN2O3S. The molecular weight excluding hydrogens is 360 g/mol. The molecule has 25 heavy (non-hydrogen) atoms. The second kappa shape index (κ2) is 8.18. The summed E-state index contributed by atoms with van der Waals surface area (Å²) >= 11 is 7.03. The first-order chi connectivity index (χ1) is 12.2. The van der Waals surface area contributed by atoms with Crippen LogP contribution < -0.4 is 4.74 Å². The third kappa shape index (κ3) is 4.61. The molecule has 3 aromatic rings. The van der Waals surface area contributed by atoms with Gasteiger partial charge in [0.15, 0.2) is 5.78 Å². The Balaban J connectivity index is 1.61. The smallest absolute Gasteiger partial charge is 0.277 e. The summed E-state index contributed by atoms with van der Waals surface area (Å²) < 4.78 is 11.0. The van der Waals surface area contributed by atoms with Gasteiger partial charge >= 0.3 is 0 Å². The fourth-order valence-electron chi connectivity index (χ4n) is 2.09. The summed E-state index contributed by atoms with van der Waals surface area (Å²) in [5.41, 5.74) is 1.40. The van der Waals surface area contributed by atoms with Gasteiger partial charge in [0.1, 0.15) is 5.75 Å². The SMILES string of the molecule is CCOc1ccc(-c2nnc(SCC(=O)c3ccc(Cl)cc3)o2)cc1. The quantitative estimate of drug-likeness (QED) is 0.438. The Labute approximate surface area is 154 Å². The van der Waals surface area contributed by atoms with E-state index in [-0.39, 0.29) is 11.5 Å². The van der Waals surface area contributed by atoms with Crippen molar-refractivity contribution in [1.29, 1.82) is 0 Å². The highest BCUT2D eigenvalue weighted by molar-refractivity contribution is 7.99. The van der Waals surface area contributed by atoms with Gasteiger partial charge in [-0.15, -0.1) is 10.2 Å². The van der Waals surface area contributed by atoms with Crippen LogP contribution in [0.5, 0.6) is 5.75 Å². The van der Waals surface area contributed by atoms with Crippen molar-refractivity contribution >= 4 is 29.1 Å². The number of hydrogen-bond donors (Lipinski definition) is 0. The number of aromatic nitrogens is 2. The standard InChI is InChI=1S/C18H15ClN2O3S/c1-2-23-15-9-5-13(6-10-15)17-20-21-18(24-17)25-11-16(22)12-3-7-14(19)8-4-12/h3-10H,2,11H2,1H3. The maximum Gasteiger partial charge on any atom is 0.277 e. The minimum Gasteiger partial charge on any atom is -0.494 e. The number of rotatable bonds is 7. The van der Waals surface area contributed by atoms with E-state index in [4.69, 9.17) is 20.8 Å². The van der Waals surface area contributed by atoms with Crippen LogP contribution in [-0.2, 0) is 0 Å². The Bertz CT molecular complexity index is 848. The molecule has 1 aromatic heterocycles. The van der Waals surface area contributed by atoms with Crippen molar-refractivity contribution in [2.24, 2.45) is 0 Å². The first-order valence-electron chi connectivity index (χ1n) is 7.64. The van der Waals surface area contributed by atoms with Gasteiger partial charge in [-0.05, 0) is 55.5 Å². The Hall–Kier alpha value is -2.31. The third-order valence-corrected chi connectivity index (χ3v) is 4.38. The normalized spacial score (nSPS) is 10.6. The van der Waals surface area contributed by atoms with Gasteiger partial charge in [0.2, 0.25) is 5.89 Å². The van der Waals surface area contributed by atoms with Crippen LogP contribution in [0.4, 0.5) is 0 Å². The fraction of sp³-hybridized carbons (Fsp3) is 0.167. The summed E-state index contributed by atoms with van der Waals surface area (Å²) in [6.45, 7) is 2.54. The van der Waals surface area contributed by atoms with Crippen molar-refractivity contribution in [1.82, 2.24) is 10.2 Å². The summed E-state index contributed by atoms with van der Waals surface area (Å²) in [5, 5.41) is 8.94. The van der Waals surface area contributed by atoms with Gasteiger partial charge in [-0.3, -0.25) is 4.79 Å². The zero-order valence-corrected chi connectivity index (χ0v) is 15.0. The molecule has 0 amide bonds. The summed E-state index contributed by atoms with van der Waals surface area (Å²) in [4.78, 5) is 12.1. The van der Waals surface area contributed by atoms with E-state index in [1.165, 1.54) is 11.8 Å². The third-order valence-electron chi connectivity index (χ3n) is 3.31. The number of benzene rings is 2. The van der Waals surface area contributed by atoms with E-state index in [0.29, 0.717) is 28.3 Å². The molecule has 0 bridgehead atoms. The number of thioether (sulfide) groups is 1. The Morgan fingerprint density at radius 2 is 1.84 bits per heavy atom. The molecule has 0 radical (unpaired) electrons. The zero-order valence-electron chi connectivity index (χ0n) is 13.4. The summed E-state index contributed by atoms with van der Waals surface area (Å²) in [6.07, 6.45) is 0. The zero-order chi connectivity index (χ0) is 17.6. The van der Waals surface area contributed by atoms with Crippen LogP contribution in [0.15, 0.2) is 58.2 Å². The molecule has 0 unspecified atom stereocenters. The first kappa shape index (κ1) is 17.5. The van der Waals surface area contributed by atoms with Crippen LogP contribution in [0.1, 0.15) is 17.3 Å². The van der Waals surface area contributed by atoms with Crippen molar-refractivity contribution in [3.05, 3.63) is 59.1 Å².